The van der Waals surface area contributed by atoms with Crippen molar-refractivity contribution in [3.05, 3.63) is 35.4 Å². The summed E-state index contributed by atoms with van der Waals surface area (Å²) in [7, 11) is 1.86. The molecule has 1 fully saturated rings. The molecule has 24 heavy (non-hydrogen) atoms. The van der Waals surface area contributed by atoms with E-state index in [2.05, 4.69) is 10.6 Å². The minimum absolute atomic E-state index is 0.00571. The van der Waals surface area contributed by atoms with Crippen molar-refractivity contribution in [1.29, 1.82) is 0 Å². The maximum absolute atomic E-state index is 13.7. The summed E-state index contributed by atoms with van der Waals surface area (Å²) < 4.78 is 26.6. The van der Waals surface area contributed by atoms with Gasteiger partial charge in [0.1, 0.15) is 11.6 Å². The summed E-state index contributed by atoms with van der Waals surface area (Å²) in [5.74, 6) is -2.14. The number of hydrogen-bond acceptors (Lipinski definition) is 3. The molecule has 0 unspecified atom stereocenters. The lowest BCUT2D eigenvalue weighted by molar-refractivity contribution is -0.126. The van der Waals surface area contributed by atoms with Gasteiger partial charge in [-0.2, -0.15) is 0 Å². The fourth-order valence-electron chi connectivity index (χ4n) is 2.80. The van der Waals surface area contributed by atoms with E-state index in [1.54, 1.807) is 0 Å². The normalized spacial score (nSPS) is 15.4. The number of nitrogens with one attached hydrogen (secondary N) is 2. The lowest BCUT2D eigenvalue weighted by atomic mass is 9.95. The van der Waals surface area contributed by atoms with E-state index < -0.39 is 17.5 Å². The summed E-state index contributed by atoms with van der Waals surface area (Å²) in [6, 6.07) is 2.94. The van der Waals surface area contributed by atoms with Crippen LogP contribution in [0.15, 0.2) is 18.2 Å². The van der Waals surface area contributed by atoms with Gasteiger partial charge in [-0.1, -0.05) is 0 Å². The van der Waals surface area contributed by atoms with E-state index >= 15 is 0 Å². The highest BCUT2D eigenvalue weighted by molar-refractivity contribution is 5.94. The molecule has 1 aromatic carbocycles. The summed E-state index contributed by atoms with van der Waals surface area (Å²) in [5, 5.41) is 5.91. The highest BCUT2D eigenvalue weighted by Crippen LogP contribution is 2.20. The summed E-state index contributed by atoms with van der Waals surface area (Å²) in [6.45, 7) is 2.25. The zero-order valence-electron chi connectivity index (χ0n) is 13.8. The van der Waals surface area contributed by atoms with Gasteiger partial charge in [0.25, 0.3) is 5.91 Å². The van der Waals surface area contributed by atoms with E-state index in [0.717, 1.165) is 25.1 Å². The average molecular weight is 339 g/mol. The second-order valence-corrected chi connectivity index (χ2v) is 5.94. The summed E-state index contributed by atoms with van der Waals surface area (Å²) in [6.07, 6.45) is 1.96. The van der Waals surface area contributed by atoms with Crippen molar-refractivity contribution in [2.75, 3.05) is 33.2 Å². The van der Waals surface area contributed by atoms with E-state index in [1.165, 1.54) is 4.90 Å². The number of piperidine rings is 1. The van der Waals surface area contributed by atoms with Gasteiger partial charge in [0, 0.05) is 31.6 Å². The smallest absolute Gasteiger partial charge is 0.256 e. The van der Waals surface area contributed by atoms with Crippen molar-refractivity contribution < 1.29 is 18.4 Å². The Morgan fingerprint density at radius 3 is 2.54 bits per heavy atom. The van der Waals surface area contributed by atoms with Crippen LogP contribution < -0.4 is 10.6 Å². The van der Waals surface area contributed by atoms with Gasteiger partial charge in [-0.05, 0) is 45.0 Å². The van der Waals surface area contributed by atoms with Crippen LogP contribution in [0.1, 0.15) is 29.6 Å². The molecule has 2 amide bonds. The molecule has 0 atom stereocenters. The first-order valence-electron chi connectivity index (χ1n) is 8.19. The van der Waals surface area contributed by atoms with Crippen LogP contribution in [-0.4, -0.2) is 49.9 Å². The topological polar surface area (TPSA) is 61.4 Å². The molecule has 1 heterocycles. The number of benzene rings is 1. The van der Waals surface area contributed by atoms with Crippen molar-refractivity contribution in [2.24, 2.45) is 5.92 Å². The van der Waals surface area contributed by atoms with E-state index in [9.17, 15) is 18.4 Å². The summed E-state index contributed by atoms with van der Waals surface area (Å²) in [5.41, 5.74) is -0.133. The third-order valence-electron chi connectivity index (χ3n) is 4.22. The zero-order chi connectivity index (χ0) is 17.5. The Balaban J connectivity index is 1.83. The SMILES string of the molecule is CNCCCNC(=O)C1CCN(C(=O)c2ccc(F)cc2F)CC1. The Hall–Kier alpha value is -2.02. The standard InChI is InChI=1S/C17H23F2N3O2/c1-20-7-2-8-21-16(23)12-5-9-22(10-6-12)17(24)14-4-3-13(18)11-15(14)19/h3-4,11-12,20H,2,5-10H2,1H3,(H,21,23). The highest BCUT2D eigenvalue weighted by Gasteiger charge is 2.28. The fraction of sp³-hybridized carbons (Fsp3) is 0.529. The Morgan fingerprint density at radius 1 is 1.21 bits per heavy atom. The van der Waals surface area contributed by atoms with E-state index in [-0.39, 0.29) is 17.4 Å². The monoisotopic (exact) mass is 339 g/mol. The first kappa shape index (κ1) is 18.3. The zero-order valence-corrected chi connectivity index (χ0v) is 13.8. The molecule has 0 aromatic heterocycles. The molecule has 0 aliphatic carbocycles. The molecular formula is C17H23F2N3O2. The number of amides is 2. The van der Waals surface area contributed by atoms with E-state index in [4.69, 9.17) is 0 Å². The molecule has 132 valence electrons. The third kappa shape index (κ3) is 4.74. The third-order valence-corrected chi connectivity index (χ3v) is 4.22. The van der Waals surface area contributed by atoms with Gasteiger partial charge in [0.15, 0.2) is 0 Å². The molecule has 0 saturated carbocycles. The van der Waals surface area contributed by atoms with Crippen molar-refractivity contribution in [3.63, 3.8) is 0 Å². The molecular weight excluding hydrogens is 316 g/mol. The Kier molecular flexibility index (Phi) is 6.66. The largest absolute Gasteiger partial charge is 0.356 e. The maximum atomic E-state index is 13.7. The van der Waals surface area contributed by atoms with E-state index in [1.807, 2.05) is 7.05 Å². The van der Waals surface area contributed by atoms with Gasteiger partial charge in [0.2, 0.25) is 5.91 Å². The molecule has 2 rings (SSSR count). The van der Waals surface area contributed by atoms with Crippen LogP contribution in [0.5, 0.6) is 0 Å². The van der Waals surface area contributed by atoms with Gasteiger partial charge in [-0.3, -0.25) is 9.59 Å². The summed E-state index contributed by atoms with van der Waals surface area (Å²) in [4.78, 5) is 25.9. The lowest BCUT2D eigenvalue weighted by Crippen LogP contribution is -2.43. The number of carbonyl (C=O) groups excluding carboxylic acids is 2. The van der Waals surface area contributed by atoms with Crippen LogP contribution in [0.25, 0.3) is 0 Å². The number of halogens is 2. The Labute approximate surface area is 140 Å². The number of nitrogens with zero attached hydrogens (tertiary/aromatic N) is 1. The van der Waals surface area contributed by atoms with Crippen molar-refractivity contribution in [3.8, 4) is 0 Å². The van der Waals surface area contributed by atoms with Gasteiger partial charge in [-0.15, -0.1) is 0 Å². The molecule has 5 nitrogen and oxygen atoms in total. The first-order chi connectivity index (χ1) is 11.5. The summed E-state index contributed by atoms with van der Waals surface area (Å²) >= 11 is 0. The van der Waals surface area contributed by atoms with Crippen LogP contribution in [0.3, 0.4) is 0 Å². The van der Waals surface area contributed by atoms with Crippen molar-refractivity contribution >= 4 is 11.8 Å². The van der Waals surface area contributed by atoms with Crippen molar-refractivity contribution in [2.45, 2.75) is 19.3 Å². The van der Waals surface area contributed by atoms with Gasteiger partial charge in [0.05, 0.1) is 5.56 Å². The molecule has 0 radical (unpaired) electrons. The predicted octanol–water partition coefficient (Wildman–Crippen LogP) is 1.54. The van der Waals surface area contributed by atoms with E-state index in [0.29, 0.717) is 38.5 Å². The second kappa shape index (κ2) is 8.73. The Bertz CT molecular complexity index is 587. The fourth-order valence-corrected chi connectivity index (χ4v) is 2.80. The average Bonchev–Trinajstić information content (AvgIpc) is 2.58. The molecule has 0 bridgehead atoms. The molecule has 1 aromatic rings. The molecule has 1 aliphatic heterocycles. The Morgan fingerprint density at radius 2 is 1.92 bits per heavy atom. The number of hydrogen-bond donors (Lipinski definition) is 2. The predicted molar refractivity (Wildman–Crippen MR) is 86.5 cm³/mol. The molecule has 2 N–H and O–H groups in total. The quantitative estimate of drug-likeness (QED) is 0.773. The number of rotatable bonds is 6. The van der Waals surface area contributed by atoms with Crippen LogP contribution >= 0.6 is 0 Å². The lowest BCUT2D eigenvalue weighted by Gasteiger charge is -2.31. The van der Waals surface area contributed by atoms with Gasteiger partial charge >= 0.3 is 0 Å². The van der Waals surface area contributed by atoms with Gasteiger partial charge < -0.3 is 15.5 Å². The molecule has 1 aliphatic rings. The number of likely N-dealkylation sites (tertiary alicyclic amines) is 1. The van der Waals surface area contributed by atoms with Gasteiger partial charge in [-0.25, -0.2) is 8.78 Å². The molecule has 0 spiro atoms. The minimum Gasteiger partial charge on any atom is -0.356 e. The van der Waals surface area contributed by atoms with Crippen LogP contribution in [0, 0.1) is 17.6 Å². The molecule has 7 heteroatoms. The minimum atomic E-state index is -0.857. The number of carbonyl (C=O) groups is 2. The maximum Gasteiger partial charge on any atom is 0.256 e. The van der Waals surface area contributed by atoms with Crippen LogP contribution in [-0.2, 0) is 4.79 Å². The second-order valence-electron chi connectivity index (χ2n) is 5.94. The molecule has 1 saturated heterocycles. The van der Waals surface area contributed by atoms with Crippen LogP contribution in [0.2, 0.25) is 0 Å². The van der Waals surface area contributed by atoms with Crippen molar-refractivity contribution in [1.82, 2.24) is 15.5 Å². The first-order valence-corrected chi connectivity index (χ1v) is 8.19. The highest BCUT2D eigenvalue weighted by atomic mass is 19.1. The van der Waals surface area contributed by atoms with Crippen LogP contribution in [0.4, 0.5) is 8.78 Å².